The van der Waals surface area contributed by atoms with Gasteiger partial charge in [-0.05, 0) is 42.5 Å². The van der Waals surface area contributed by atoms with Gasteiger partial charge in [0.1, 0.15) is 18.1 Å². The third-order valence-corrected chi connectivity index (χ3v) is 4.66. The van der Waals surface area contributed by atoms with Gasteiger partial charge in [-0.3, -0.25) is 4.79 Å². The van der Waals surface area contributed by atoms with Gasteiger partial charge in [0.15, 0.2) is 0 Å². The molecule has 7 heteroatoms. The number of hydrogen-bond acceptors (Lipinski definition) is 3. The fourth-order valence-electron chi connectivity index (χ4n) is 2.26. The molecule has 0 spiro atoms. The molecule has 0 unspecified atom stereocenters. The zero-order valence-corrected chi connectivity index (χ0v) is 15.0. The molecule has 3 aromatic rings. The Hall–Kier alpha value is -1.98. The average Bonchev–Trinajstić information content (AvgIpc) is 3.08. The molecule has 0 bridgehead atoms. The van der Waals surface area contributed by atoms with E-state index in [-0.39, 0.29) is 17.2 Å². The quantitative estimate of drug-likeness (QED) is 0.599. The fraction of sp³-hybridized carbons (Fsp3) is 0.0556. The van der Waals surface area contributed by atoms with Crippen molar-refractivity contribution in [2.24, 2.45) is 0 Å². The molecule has 1 aromatic heterocycles. The number of furan rings is 1. The fourth-order valence-corrected chi connectivity index (χ4v) is 2.81. The summed E-state index contributed by atoms with van der Waals surface area (Å²) < 4.78 is 5.49. The Labute approximate surface area is 158 Å². The maximum absolute atomic E-state index is 12.5. The Balaban J connectivity index is 1.90. The summed E-state index contributed by atoms with van der Waals surface area (Å²) >= 11 is 18.2. The zero-order valence-electron chi connectivity index (χ0n) is 12.7. The van der Waals surface area contributed by atoms with Crippen molar-refractivity contribution in [3.63, 3.8) is 0 Å². The van der Waals surface area contributed by atoms with Crippen LogP contribution >= 0.6 is 34.8 Å². The topological polar surface area (TPSA) is 62.5 Å². The average molecular weight is 397 g/mol. The number of carbonyl (C=O) groups is 1. The molecule has 128 valence electrons. The first-order chi connectivity index (χ1) is 12.0. The Kier molecular flexibility index (Phi) is 5.35. The van der Waals surface area contributed by atoms with Crippen molar-refractivity contribution in [3.05, 3.63) is 74.9 Å². The van der Waals surface area contributed by atoms with Gasteiger partial charge >= 0.3 is 0 Å². The molecule has 0 aliphatic heterocycles. The van der Waals surface area contributed by atoms with E-state index < -0.39 is 5.91 Å². The summed E-state index contributed by atoms with van der Waals surface area (Å²) in [6, 6.07) is 13.3. The van der Waals surface area contributed by atoms with Crippen molar-refractivity contribution in [3.8, 4) is 11.3 Å². The van der Waals surface area contributed by atoms with Gasteiger partial charge in [-0.25, -0.2) is 0 Å². The van der Waals surface area contributed by atoms with Gasteiger partial charge in [0, 0.05) is 5.56 Å². The van der Waals surface area contributed by atoms with E-state index >= 15 is 0 Å². The van der Waals surface area contributed by atoms with Crippen LogP contribution in [-0.4, -0.2) is 11.0 Å². The van der Waals surface area contributed by atoms with Crippen LogP contribution < -0.4 is 5.32 Å². The molecule has 0 saturated heterocycles. The first-order valence-corrected chi connectivity index (χ1v) is 8.38. The number of halogens is 3. The predicted octanol–water partition coefficient (Wildman–Crippen LogP) is 5.65. The molecule has 1 amide bonds. The smallest absolute Gasteiger partial charge is 0.257 e. The number of hydrogen-bond donors (Lipinski definition) is 2. The molecule has 0 aliphatic carbocycles. The van der Waals surface area contributed by atoms with Crippen LogP contribution in [0.5, 0.6) is 0 Å². The highest BCUT2D eigenvalue weighted by Gasteiger charge is 2.15. The lowest BCUT2D eigenvalue weighted by atomic mass is 10.1. The lowest BCUT2D eigenvalue weighted by molar-refractivity contribution is 0.102. The molecule has 25 heavy (non-hydrogen) atoms. The van der Waals surface area contributed by atoms with Gasteiger partial charge in [0.05, 0.1) is 26.3 Å². The molecular formula is C18H12Cl3NO3. The third kappa shape index (κ3) is 3.83. The van der Waals surface area contributed by atoms with Crippen molar-refractivity contribution >= 4 is 46.4 Å². The van der Waals surface area contributed by atoms with E-state index in [0.717, 1.165) is 0 Å². The molecule has 0 aliphatic rings. The van der Waals surface area contributed by atoms with Gasteiger partial charge in [0.25, 0.3) is 5.91 Å². The van der Waals surface area contributed by atoms with E-state index in [1.807, 2.05) is 0 Å². The molecule has 0 fully saturated rings. The van der Waals surface area contributed by atoms with Crippen LogP contribution in [0.2, 0.25) is 15.1 Å². The summed E-state index contributed by atoms with van der Waals surface area (Å²) in [6.07, 6.45) is 0. The molecule has 2 N–H and O–H groups in total. The van der Waals surface area contributed by atoms with Crippen molar-refractivity contribution in [1.82, 2.24) is 0 Å². The lowest BCUT2D eigenvalue weighted by Gasteiger charge is -2.10. The maximum Gasteiger partial charge on any atom is 0.257 e. The van der Waals surface area contributed by atoms with Crippen molar-refractivity contribution in [2.45, 2.75) is 6.61 Å². The van der Waals surface area contributed by atoms with Crippen LogP contribution in [0.25, 0.3) is 11.3 Å². The van der Waals surface area contributed by atoms with Crippen LogP contribution in [0, 0.1) is 0 Å². The van der Waals surface area contributed by atoms with Crippen LogP contribution in [0.15, 0.2) is 52.9 Å². The minimum Gasteiger partial charge on any atom is -0.459 e. The number of aliphatic hydroxyl groups excluding tert-OH is 1. The SMILES string of the molecule is O=C(Nc1cc(-c2ccc(CO)o2)ccc1Cl)c1cccc(Cl)c1Cl. The summed E-state index contributed by atoms with van der Waals surface area (Å²) in [6.45, 7) is -0.190. The van der Waals surface area contributed by atoms with E-state index in [2.05, 4.69) is 5.32 Å². The summed E-state index contributed by atoms with van der Waals surface area (Å²) in [5, 5.41) is 12.6. The zero-order chi connectivity index (χ0) is 18.0. The van der Waals surface area contributed by atoms with Gasteiger partial charge < -0.3 is 14.8 Å². The molecule has 1 heterocycles. The normalized spacial score (nSPS) is 10.7. The third-order valence-electron chi connectivity index (χ3n) is 3.51. The van der Waals surface area contributed by atoms with E-state index in [1.54, 1.807) is 48.5 Å². The van der Waals surface area contributed by atoms with E-state index in [9.17, 15) is 4.79 Å². The predicted molar refractivity (Wildman–Crippen MR) is 99.5 cm³/mol. The Bertz CT molecular complexity index is 937. The largest absolute Gasteiger partial charge is 0.459 e. The molecule has 3 rings (SSSR count). The highest BCUT2D eigenvalue weighted by molar-refractivity contribution is 6.44. The second-order valence-electron chi connectivity index (χ2n) is 5.17. The van der Waals surface area contributed by atoms with Crippen LogP contribution in [0.4, 0.5) is 5.69 Å². The highest BCUT2D eigenvalue weighted by Crippen LogP contribution is 2.31. The number of anilines is 1. The van der Waals surface area contributed by atoms with E-state index in [0.29, 0.717) is 32.8 Å². The number of carbonyl (C=O) groups excluding carboxylic acids is 1. The van der Waals surface area contributed by atoms with Gasteiger partial charge in [-0.1, -0.05) is 40.9 Å². The van der Waals surface area contributed by atoms with Crippen molar-refractivity contribution < 1.29 is 14.3 Å². The van der Waals surface area contributed by atoms with Gasteiger partial charge in [-0.2, -0.15) is 0 Å². The van der Waals surface area contributed by atoms with E-state index in [1.165, 1.54) is 0 Å². The molecule has 2 aromatic carbocycles. The first kappa shape index (κ1) is 17.8. The first-order valence-electron chi connectivity index (χ1n) is 7.24. The lowest BCUT2D eigenvalue weighted by Crippen LogP contribution is -2.13. The minimum absolute atomic E-state index is 0.174. The maximum atomic E-state index is 12.5. The molecule has 0 atom stereocenters. The van der Waals surface area contributed by atoms with Crippen molar-refractivity contribution in [2.75, 3.05) is 5.32 Å². The second-order valence-corrected chi connectivity index (χ2v) is 6.37. The second kappa shape index (κ2) is 7.50. The van der Waals surface area contributed by atoms with E-state index in [4.69, 9.17) is 44.3 Å². The number of aliphatic hydroxyl groups is 1. The summed E-state index contributed by atoms with van der Waals surface area (Å²) in [4.78, 5) is 12.5. The summed E-state index contributed by atoms with van der Waals surface area (Å²) in [5.74, 6) is 0.570. The number of rotatable bonds is 4. The Morgan fingerprint density at radius 1 is 1.04 bits per heavy atom. The van der Waals surface area contributed by atoms with Crippen LogP contribution in [-0.2, 0) is 6.61 Å². The van der Waals surface area contributed by atoms with Gasteiger partial charge in [-0.15, -0.1) is 0 Å². The number of amides is 1. The Morgan fingerprint density at radius 2 is 1.84 bits per heavy atom. The Morgan fingerprint density at radius 3 is 2.56 bits per heavy atom. The molecule has 4 nitrogen and oxygen atoms in total. The standard InChI is InChI=1S/C18H12Cl3NO3/c19-13-6-4-10(16-7-5-11(9-23)25-16)8-15(13)22-18(24)12-2-1-3-14(20)17(12)21/h1-8,23H,9H2,(H,22,24). The summed E-state index contributed by atoms with van der Waals surface area (Å²) in [7, 11) is 0. The minimum atomic E-state index is -0.429. The monoisotopic (exact) mass is 395 g/mol. The van der Waals surface area contributed by atoms with Crippen LogP contribution in [0.1, 0.15) is 16.1 Å². The summed E-state index contributed by atoms with van der Waals surface area (Å²) in [5.41, 5.74) is 1.36. The van der Waals surface area contributed by atoms with Crippen LogP contribution in [0.3, 0.4) is 0 Å². The number of benzene rings is 2. The molecular weight excluding hydrogens is 385 g/mol. The molecule has 0 radical (unpaired) electrons. The molecule has 0 saturated carbocycles. The number of nitrogens with one attached hydrogen (secondary N) is 1. The van der Waals surface area contributed by atoms with Gasteiger partial charge in [0.2, 0.25) is 0 Å². The van der Waals surface area contributed by atoms with Crippen molar-refractivity contribution in [1.29, 1.82) is 0 Å². The highest BCUT2D eigenvalue weighted by atomic mass is 35.5.